The molecule has 4 unspecified atom stereocenters. The second kappa shape index (κ2) is 14.1. The number of thiol groups is 1. The molecule has 0 aliphatic heterocycles. The number of carbonyl (C=O) groups excluding carboxylic acids is 3. The smallest absolute Gasteiger partial charge is 0.326 e. The van der Waals surface area contributed by atoms with Gasteiger partial charge in [-0.2, -0.15) is 24.4 Å². The highest BCUT2D eigenvalue weighted by atomic mass is 32.2. The molecule has 0 spiro atoms. The number of hydrogen-bond acceptors (Lipinski definition) is 8. The van der Waals surface area contributed by atoms with Crippen molar-refractivity contribution in [3.8, 4) is 0 Å². The Morgan fingerprint density at radius 1 is 0.967 bits per heavy atom. The first kappa shape index (κ1) is 28.0. The molecule has 0 saturated heterocycles. The van der Waals surface area contributed by atoms with Crippen LogP contribution in [0.2, 0.25) is 0 Å². The van der Waals surface area contributed by atoms with Crippen LogP contribution in [0.15, 0.2) is 0 Å². The van der Waals surface area contributed by atoms with E-state index in [1.807, 2.05) is 0 Å². The van der Waals surface area contributed by atoms with Crippen molar-refractivity contribution in [2.75, 3.05) is 17.8 Å². The molecule has 13 heteroatoms. The van der Waals surface area contributed by atoms with E-state index in [1.54, 1.807) is 20.1 Å². The molecule has 0 saturated carbocycles. The summed E-state index contributed by atoms with van der Waals surface area (Å²) in [6, 6.07) is -4.67. The average Bonchev–Trinajstić information content (AvgIpc) is 2.65. The normalized spacial score (nSPS) is 14.9. The Morgan fingerprint density at radius 3 is 1.93 bits per heavy atom. The molecular weight excluding hydrogens is 436 g/mol. The van der Waals surface area contributed by atoms with E-state index in [4.69, 9.17) is 10.8 Å². The van der Waals surface area contributed by atoms with Gasteiger partial charge in [0, 0.05) is 5.75 Å². The van der Waals surface area contributed by atoms with Gasteiger partial charge in [-0.3, -0.25) is 19.2 Å². The lowest BCUT2D eigenvalue weighted by Crippen LogP contribution is -2.58. The number of nitrogens with two attached hydrogens (primary N) is 1. The predicted octanol–water partition coefficient (Wildman–Crippen LogP) is -1.33. The lowest BCUT2D eigenvalue weighted by molar-refractivity contribution is -0.143. The van der Waals surface area contributed by atoms with Gasteiger partial charge < -0.3 is 31.9 Å². The summed E-state index contributed by atoms with van der Waals surface area (Å²) >= 11 is 5.46. The minimum atomic E-state index is -1.33. The number of carboxylic acids is 2. The molecule has 7 N–H and O–H groups in total. The zero-order chi connectivity index (χ0) is 23.4. The van der Waals surface area contributed by atoms with Gasteiger partial charge in [0.05, 0.1) is 12.5 Å². The second-order valence-electron chi connectivity index (χ2n) is 6.86. The van der Waals surface area contributed by atoms with Crippen molar-refractivity contribution in [2.24, 2.45) is 11.7 Å². The molecule has 0 fully saturated rings. The van der Waals surface area contributed by atoms with E-state index < -0.39 is 60.2 Å². The molecule has 0 rings (SSSR count). The van der Waals surface area contributed by atoms with Gasteiger partial charge >= 0.3 is 11.9 Å². The lowest BCUT2D eigenvalue weighted by atomic mass is 10.0. The topological polar surface area (TPSA) is 188 Å². The van der Waals surface area contributed by atoms with Crippen LogP contribution in [0.25, 0.3) is 0 Å². The summed E-state index contributed by atoms with van der Waals surface area (Å²) in [6.07, 6.45) is 1.41. The first-order chi connectivity index (χ1) is 13.9. The summed E-state index contributed by atoms with van der Waals surface area (Å²) in [4.78, 5) is 59.1. The molecule has 30 heavy (non-hydrogen) atoms. The van der Waals surface area contributed by atoms with Crippen LogP contribution in [-0.2, 0) is 24.0 Å². The van der Waals surface area contributed by atoms with E-state index >= 15 is 0 Å². The number of carbonyl (C=O) groups is 5. The summed E-state index contributed by atoms with van der Waals surface area (Å²) in [7, 11) is 0. The first-order valence-electron chi connectivity index (χ1n) is 9.15. The fraction of sp³-hybridized carbons (Fsp3) is 0.706. The third kappa shape index (κ3) is 10.2. The highest BCUT2D eigenvalue weighted by Gasteiger charge is 2.30. The molecule has 11 nitrogen and oxygen atoms in total. The number of thioether (sulfide) groups is 1. The number of rotatable bonds is 14. The van der Waals surface area contributed by atoms with Crippen LogP contribution in [0.1, 0.15) is 26.7 Å². The summed E-state index contributed by atoms with van der Waals surface area (Å²) in [5, 5.41) is 25.1. The van der Waals surface area contributed by atoms with E-state index in [2.05, 4.69) is 28.6 Å². The maximum absolute atomic E-state index is 12.6. The summed E-state index contributed by atoms with van der Waals surface area (Å²) in [6.45, 7) is 3.25. The third-order valence-electron chi connectivity index (χ3n) is 4.02. The van der Waals surface area contributed by atoms with Crippen molar-refractivity contribution < 1.29 is 34.2 Å². The van der Waals surface area contributed by atoms with Gasteiger partial charge in [0.15, 0.2) is 0 Å². The molecule has 0 aromatic heterocycles. The molecule has 0 aliphatic rings. The Balaban J connectivity index is 5.20. The SMILES string of the molecule is CSCCC(NC(=O)C(N)CC(=O)O)C(=O)NC(CS)C(=O)NC(C(=O)O)C(C)C. The molecule has 0 aromatic carbocycles. The summed E-state index contributed by atoms with van der Waals surface area (Å²) < 4.78 is 0. The van der Waals surface area contributed by atoms with Crippen LogP contribution in [0.3, 0.4) is 0 Å². The zero-order valence-electron chi connectivity index (χ0n) is 17.1. The van der Waals surface area contributed by atoms with Crippen LogP contribution < -0.4 is 21.7 Å². The molecule has 0 aromatic rings. The third-order valence-corrected chi connectivity index (χ3v) is 5.03. The number of nitrogens with one attached hydrogen (secondary N) is 3. The van der Waals surface area contributed by atoms with E-state index in [9.17, 15) is 29.1 Å². The Bertz CT molecular complexity index is 633. The fourth-order valence-corrected chi connectivity index (χ4v) is 3.03. The van der Waals surface area contributed by atoms with Crippen LogP contribution in [0.4, 0.5) is 0 Å². The quantitative estimate of drug-likeness (QED) is 0.152. The van der Waals surface area contributed by atoms with Gasteiger partial charge in [-0.15, -0.1) is 0 Å². The largest absolute Gasteiger partial charge is 0.481 e. The van der Waals surface area contributed by atoms with Crippen molar-refractivity contribution in [2.45, 2.75) is 50.9 Å². The van der Waals surface area contributed by atoms with Crippen molar-refractivity contribution in [1.29, 1.82) is 0 Å². The molecule has 0 bridgehead atoms. The molecule has 0 aliphatic carbocycles. The Kier molecular flexibility index (Phi) is 13.2. The Labute approximate surface area is 184 Å². The monoisotopic (exact) mass is 466 g/mol. The number of amides is 3. The fourth-order valence-electron chi connectivity index (χ4n) is 2.30. The van der Waals surface area contributed by atoms with E-state index in [1.165, 1.54) is 11.8 Å². The molecule has 4 atom stereocenters. The van der Waals surface area contributed by atoms with E-state index in [0.29, 0.717) is 5.75 Å². The van der Waals surface area contributed by atoms with Gasteiger partial charge in [-0.25, -0.2) is 4.79 Å². The van der Waals surface area contributed by atoms with Crippen molar-refractivity contribution >= 4 is 54.1 Å². The minimum absolute atomic E-state index is 0.107. The average molecular weight is 467 g/mol. The predicted molar refractivity (Wildman–Crippen MR) is 115 cm³/mol. The zero-order valence-corrected chi connectivity index (χ0v) is 18.8. The number of carboxylic acid groups (broad SMARTS) is 2. The number of hydrogen-bond donors (Lipinski definition) is 7. The van der Waals surface area contributed by atoms with Crippen molar-refractivity contribution in [3.05, 3.63) is 0 Å². The highest BCUT2D eigenvalue weighted by Crippen LogP contribution is 2.05. The van der Waals surface area contributed by atoms with Crippen LogP contribution in [0.5, 0.6) is 0 Å². The van der Waals surface area contributed by atoms with Gasteiger partial charge in [-0.1, -0.05) is 13.8 Å². The van der Waals surface area contributed by atoms with Crippen LogP contribution >= 0.6 is 24.4 Å². The van der Waals surface area contributed by atoms with Crippen molar-refractivity contribution in [3.63, 3.8) is 0 Å². The van der Waals surface area contributed by atoms with Gasteiger partial charge in [0.2, 0.25) is 17.7 Å². The molecule has 3 amide bonds. The first-order valence-corrected chi connectivity index (χ1v) is 11.2. The molecular formula is C17H30N4O7S2. The number of aliphatic carboxylic acids is 2. The summed E-state index contributed by atoms with van der Waals surface area (Å²) in [5.41, 5.74) is 5.52. The maximum atomic E-state index is 12.6. The van der Waals surface area contributed by atoms with E-state index in [0.717, 1.165) is 0 Å². The molecule has 0 heterocycles. The lowest BCUT2D eigenvalue weighted by Gasteiger charge is -2.25. The Morgan fingerprint density at radius 2 is 1.50 bits per heavy atom. The van der Waals surface area contributed by atoms with Gasteiger partial charge in [0.25, 0.3) is 0 Å². The van der Waals surface area contributed by atoms with Gasteiger partial charge in [0.1, 0.15) is 18.1 Å². The standard InChI is InChI=1S/C17H30N4O7S2/c1-8(2)13(17(27)28)21-16(26)11(7-29)20-15(25)10(4-5-30-3)19-14(24)9(18)6-12(22)23/h8-11,13,29H,4-7,18H2,1-3H3,(H,19,24)(H,20,25)(H,21,26)(H,22,23)(H,27,28). The second-order valence-corrected chi connectivity index (χ2v) is 8.21. The molecule has 0 radical (unpaired) electrons. The Hall–Kier alpha value is -1.99. The highest BCUT2D eigenvalue weighted by molar-refractivity contribution is 7.98. The van der Waals surface area contributed by atoms with E-state index in [-0.39, 0.29) is 18.1 Å². The summed E-state index contributed by atoms with van der Waals surface area (Å²) in [5.74, 6) is -4.68. The maximum Gasteiger partial charge on any atom is 0.326 e. The van der Waals surface area contributed by atoms with Crippen LogP contribution in [-0.4, -0.2) is 81.8 Å². The molecule has 172 valence electrons. The van der Waals surface area contributed by atoms with Crippen molar-refractivity contribution in [1.82, 2.24) is 16.0 Å². The van der Waals surface area contributed by atoms with Crippen LogP contribution in [0, 0.1) is 5.92 Å². The van der Waals surface area contributed by atoms with Gasteiger partial charge in [-0.05, 0) is 24.3 Å². The minimum Gasteiger partial charge on any atom is -0.481 e.